The molecule has 3 aliphatic rings. The van der Waals surface area contributed by atoms with Gasteiger partial charge in [-0.05, 0) is 79.5 Å². The van der Waals surface area contributed by atoms with Crippen LogP contribution in [0.3, 0.4) is 0 Å². The van der Waals surface area contributed by atoms with Crippen molar-refractivity contribution in [3.05, 3.63) is 29.3 Å². The van der Waals surface area contributed by atoms with Crippen molar-refractivity contribution in [2.45, 2.75) is 50.0 Å². The van der Waals surface area contributed by atoms with Crippen LogP contribution in [0.15, 0.2) is 18.2 Å². The fourth-order valence-electron chi connectivity index (χ4n) is 5.44. The van der Waals surface area contributed by atoms with E-state index in [9.17, 15) is 10.2 Å². The van der Waals surface area contributed by atoms with E-state index in [-0.39, 0.29) is 0 Å². The molecule has 2 fully saturated rings. The SMILES string of the molecule is C#CC1(O)CCC2C3CCc4cc(O)ccc4C3CCC21. The van der Waals surface area contributed by atoms with Crippen molar-refractivity contribution in [3.8, 4) is 18.1 Å². The van der Waals surface area contributed by atoms with E-state index in [1.54, 1.807) is 0 Å². The van der Waals surface area contributed by atoms with E-state index >= 15 is 0 Å². The molecule has 1 aromatic carbocycles. The average Bonchev–Trinajstić information content (AvgIpc) is 2.85. The first-order chi connectivity index (χ1) is 10.1. The van der Waals surface area contributed by atoms with Crippen LogP contribution in [0.4, 0.5) is 0 Å². The lowest BCUT2D eigenvalue weighted by Gasteiger charge is -2.45. The Morgan fingerprint density at radius 3 is 2.81 bits per heavy atom. The molecular weight excluding hydrogens is 260 g/mol. The standard InChI is InChI=1S/C19H22O2/c1-2-19(21)10-9-17-16-5-3-12-11-13(20)4-6-14(12)15(16)7-8-18(17)19/h1,4,6,11,15-18,20-21H,3,5,7-10H2. The second-order valence-corrected chi connectivity index (χ2v) is 7.15. The first-order valence-corrected chi connectivity index (χ1v) is 8.14. The van der Waals surface area contributed by atoms with E-state index < -0.39 is 5.60 Å². The molecule has 2 nitrogen and oxygen atoms in total. The summed E-state index contributed by atoms with van der Waals surface area (Å²) >= 11 is 0. The van der Waals surface area contributed by atoms with Crippen molar-refractivity contribution >= 4 is 0 Å². The maximum Gasteiger partial charge on any atom is 0.128 e. The molecule has 0 aromatic heterocycles. The molecule has 0 bridgehead atoms. The minimum atomic E-state index is -0.856. The van der Waals surface area contributed by atoms with E-state index in [4.69, 9.17) is 6.42 Å². The van der Waals surface area contributed by atoms with Gasteiger partial charge in [0.05, 0.1) is 0 Å². The van der Waals surface area contributed by atoms with Crippen LogP contribution in [-0.2, 0) is 6.42 Å². The van der Waals surface area contributed by atoms with Crippen LogP contribution in [-0.4, -0.2) is 15.8 Å². The fourth-order valence-corrected chi connectivity index (χ4v) is 5.44. The van der Waals surface area contributed by atoms with Crippen molar-refractivity contribution in [2.75, 3.05) is 0 Å². The van der Waals surface area contributed by atoms with Gasteiger partial charge in [0, 0.05) is 5.92 Å². The zero-order chi connectivity index (χ0) is 14.6. The largest absolute Gasteiger partial charge is 0.508 e. The Bertz CT molecular complexity index is 614. The molecule has 110 valence electrons. The molecule has 0 heterocycles. The molecule has 0 aliphatic heterocycles. The second-order valence-electron chi connectivity index (χ2n) is 7.15. The zero-order valence-electron chi connectivity index (χ0n) is 12.3. The molecule has 5 atom stereocenters. The number of hydrogen-bond acceptors (Lipinski definition) is 2. The molecule has 0 spiro atoms. The van der Waals surface area contributed by atoms with Crippen molar-refractivity contribution in [1.29, 1.82) is 0 Å². The Morgan fingerprint density at radius 2 is 2.00 bits per heavy atom. The summed E-state index contributed by atoms with van der Waals surface area (Å²) in [7, 11) is 0. The third-order valence-corrected chi connectivity index (χ3v) is 6.37. The summed E-state index contributed by atoms with van der Waals surface area (Å²) < 4.78 is 0. The number of phenolic OH excluding ortho intramolecular Hbond substituents is 1. The Balaban J connectivity index is 1.68. The van der Waals surface area contributed by atoms with Gasteiger partial charge in [0.15, 0.2) is 0 Å². The Kier molecular flexibility index (Phi) is 2.84. The Labute approximate surface area is 126 Å². The summed E-state index contributed by atoms with van der Waals surface area (Å²) in [5, 5.41) is 20.3. The predicted octanol–water partition coefficient (Wildman–Crippen LogP) is 3.22. The first-order valence-electron chi connectivity index (χ1n) is 8.14. The number of aliphatic hydroxyl groups is 1. The number of aryl methyl sites for hydroxylation is 1. The third kappa shape index (κ3) is 1.84. The lowest BCUT2D eigenvalue weighted by atomic mass is 9.59. The number of benzene rings is 1. The molecule has 1 aromatic rings. The van der Waals surface area contributed by atoms with Crippen LogP contribution in [0.2, 0.25) is 0 Å². The third-order valence-electron chi connectivity index (χ3n) is 6.37. The van der Waals surface area contributed by atoms with Gasteiger partial charge in [-0.15, -0.1) is 6.42 Å². The smallest absolute Gasteiger partial charge is 0.128 e. The molecule has 0 amide bonds. The maximum absolute atomic E-state index is 10.6. The Morgan fingerprint density at radius 1 is 1.14 bits per heavy atom. The molecule has 21 heavy (non-hydrogen) atoms. The van der Waals surface area contributed by atoms with E-state index in [0.717, 1.165) is 32.1 Å². The van der Waals surface area contributed by atoms with Crippen LogP contribution in [0.25, 0.3) is 0 Å². The number of fused-ring (bicyclic) bond motifs is 5. The van der Waals surface area contributed by atoms with E-state index in [1.807, 2.05) is 12.1 Å². The van der Waals surface area contributed by atoms with Crippen LogP contribution in [0.1, 0.15) is 49.1 Å². The van der Waals surface area contributed by atoms with Gasteiger partial charge in [-0.3, -0.25) is 0 Å². The molecule has 5 unspecified atom stereocenters. The van der Waals surface area contributed by atoms with Gasteiger partial charge < -0.3 is 10.2 Å². The maximum atomic E-state index is 10.6. The van der Waals surface area contributed by atoms with Gasteiger partial charge in [-0.25, -0.2) is 0 Å². The number of phenols is 1. The molecule has 4 rings (SSSR count). The van der Waals surface area contributed by atoms with Crippen LogP contribution >= 0.6 is 0 Å². The summed E-state index contributed by atoms with van der Waals surface area (Å²) in [5.74, 6) is 5.18. The van der Waals surface area contributed by atoms with Gasteiger partial charge in [-0.2, -0.15) is 0 Å². The zero-order valence-corrected chi connectivity index (χ0v) is 12.3. The van der Waals surface area contributed by atoms with Gasteiger partial charge in [0.1, 0.15) is 11.4 Å². The van der Waals surface area contributed by atoms with Crippen LogP contribution in [0, 0.1) is 30.1 Å². The normalized spacial score (nSPS) is 40.8. The van der Waals surface area contributed by atoms with Crippen molar-refractivity contribution in [2.24, 2.45) is 17.8 Å². The number of aromatic hydroxyl groups is 1. The summed E-state index contributed by atoms with van der Waals surface area (Å²) in [6.07, 6.45) is 11.8. The highest BCUT2D eigenvalue weighted by molar-refractivity contribution is 5.40. The highest BCUT2D eigenvalue weighted by atomic mass is 16.3. The summed E-state index contributed by atoms with van der Waals surface area (Å²) in [4.78, 5) is 0. The van der Waals surface area contributed by atoms with Gasteiger partial charge in [0.2, 0.25) is 0 Å². The molecule has 0 radical (unpaired) electrons. The quantitative estimate of drug-likeness (QED) is 0.717. The van der Waals surface area contributed by atoms with E-state index in [1.165, 1.54) is 17.5 Å². The predicted molar refractivity (Wildman–Crippen MR) is 81.9 cm³/mol. The van der Waals surface area contributed by atoms with Crippen molar-refractivity contribution in [3.63, 3.8) is 0 Å². The fraction of sp³-hybridized carbons (Fsp3) is 0.579. The summed E-state index contributed by atoms with van der Waals surface area (Å²) in [6.45, 7) is 0. The lowest BCUT2D eigenvalue weighted by Crippen LogP contribution is -2.41. The minimum Gasteiger partial charge on any atom is -0.508 e. The molecule has 2 heteroatoms. The molecule has 2 saturated carbocycles. The van der Waals surface area contributed by atoms with Crippen molar-refractivity contribution < 1.29 is 10.2 Å². The minimum absolute atomic E-state index is 0.294. The monoisotopic (exact) mass is 282 g/mol. The number of rotatable bonds is 0. The first kappa shape index (κ1) is 13.2. The van der Waals surface area contributed by atoms with Gasteiger partial charge in [-0.1, -0.05) is 12.0 Å². The molecule has 0 saturated heterocycles. The van der Waals surface area contributed by atoms with E-state index in [2.05, 4.69) is 12.0 Å². The number of terminal acetylenes is 1. The van der Waals surface area contributed by atoms with Gasteiger partial charge >= 0.3 is 0 Å². The highest BCUT2D eigenvalue weighted by Gasteiger charge is 2.53. The van der Waals surface area contributed by atoms with E-state index in [0.29, 0.717) is 29.4 Å². The average molecular weight is 282 g/mol. The van der Waals surface area contributed by atoms with Crippen LogP contribution < -0.4 is 0 Å². The number of hydrogen-bond donors (Lipinski definition) is 2. The Hall–Kier alpha value is -1.46. The molecule has 2 N–H and O–H groups in total. The lowest BCUT2D eigenvalue weighted by molar-refractivity contribution is 0.00945. The molecule has 3 aliphatic carbocycles. The van der Waals surface area contributed by atoms with Gasteiger partial charge in [0.25, 0.3) is 0 Å². The summed E-state index contributed by atoms with van der Waals surface area (Å²) in [5.41, 5.74) is 1.89. The second kappa shape index (κ2) is 4.52. The highest BCUT2D eigenvalue weighted by Crippen LogP contribution is 2.57. The summed E-state index contributed by atoms with van der Waals surface area (Å²) in [6, 6.07) is 5.87. The topological polar surface area (TPSA) is 40.5 Å². The molecular formula is C19H22O2. The van der Waals surface area contributed by atoms with Crippen LogP contribution in [0.5, 0.6) is 5.75 Å². The van der Waals surface area contributed by atoms with Crippen molar-refractivity contribution in [1.82, 2.24) is 0 Å².